The molecule has 1 N–H and O–H groups in total. The van der Waals surface area contributed by atoms with E-state index in [-0.39, 0.29) is 18.5 Å². The molecule has 0 aliphatic carbocycles. The number of aromatic nitrogens is 2. The molecule has 1 amide bonds. The minimum absolute atomic E-state index is 0.0185. The van der Waals surface area contributed by atoms with E-state index in [4.69, 9.17) is 4.74 Å². The number of carbonyl (C=O) groups excluding carboxylic acids is 1. The molecule has 2 atom stereocenters. The van der Waals surface area contributed by atoms with Crippen molar-refractivity contribution in [2.24, 2.45) is 0 Å². The first-order valence-electron chi connectivity index (χ1n) is 8.16. The number of nitrogens with zero attached hydrogens (tertiary/aromatic N) is 3. The lowest BCUT2D eigenvalue weighted by Crippen LogP contribution is -2.49. The lowest BCUT2D eigenvalue weighted by Gasteiger charge is -2.37. The van der Waals surface area contributed by atoms with Gasteiger partial charge in [0.1, 0.15) is 17.9 Å². The van der Waals surface area contributed by atoms with Gasteiger partial charge in [0.2, 0.25) is 5.91 Å². The molecule has 1 aromatic carbocycles. The number of carbonyl (C=O) groups is 1. The van der Waals surface area contributed by atoms with Crippen LogP contribution in [0.2, 0.25) is 0 Å². The van der Waals surface area contributed by atoms with Gasteiger partial charge in [-0.25, -0.2) is 0 Å². The lowest BCUT2D eigenvalue weighted by molar-refractivity contribution is -0.138. The Bertz CT molecular complexity index is 680. The molecular weight excluding hydrogens is 306 g/mol. The summed E-state index contributed by atoms with van der Waals surface area (Å²) in [6.45, 7) is 2.64. The third-order valence-corrected chi connectivity index (χ3v) is 4.75. The summed E-state index contributed by atoms with van der Waals surface area (Å²) >= 11 is 0. The fourth-order valence-electron chi connectivity index (χ4n) is 3.39. The quantitative estimate of drug-likeness (QED) is 0.908. The molecule has 3 rings (SSSR count). The highest BCUT2D eigenvalue weighted by Gasteiger charge is 2.42. The molecule has 1 fully saturated rings. The molecule has 1 aliphatic rings. The van der Waals surface area contributed by atoms with E-state index in [0.717, 1.165) is 24.2 Å². The number of benzene rings is 1. The van der Waals surface area contributed by atoms with Gasteiger partial charge in [-0.2, -0.15) is 5.10 Å². The average molecular weight is 329 g/mol. The van der Waals surface area contributed by atoms with Crippen molar-refractivity contribution in [2.45, 2.75) is 38.0 Å². The summed E-state index contributed by atoms with van der Waals surface area (Å²) in [4.78, 5) is 14.4. The Morgan fingerprint density at radius 3 is 2.79 bits per heavy atom. The van der Waals surface area contributed by atoms with E-state index in [1.807, 2.05) is 24.3 Å². The largest absolute Gasteiger partial charge is 0.497 e. The van der Waals surface area contributed by atoms with Crippen molar-refractivity contribution >= 4 is 5.91 Å². The van der Waals surface area contributed by atoms with Gasteiger partial charge in [0, 0.05) is 18.9 Å². The highest BCUT2D eigenvalue weighted by molar-refractivity contribution is 5.76. The van der Waals surface area contributed by atoms with Gasteiger partial charge in [-0.1, -0.05) is 12.1 Å². The molecule has 0 radical (unpaired) electrons. The molecule has 2 aromatic rings. The minimum Gasteiger partial charge on any atom is -0.497 e. The Balaban J connectivity index is 1.78. The molecule has 0 unspecified atom stereocenters. The molecule has 1 aliphatic heterocycles. The molecule has 0 saturated carbocycles. The van der Waals surface area contributed by atoms with Crippen LogP contribution in [-0.4, -0.2) is 45.4 Å². The van der Waals surface area contributed by atoms with Crippen LogP contribution in [-0.2, 0) is 16.9 Å². The zero-order valence-corrected chi connectivity index (χ0v) is 14.1. The zero-order chi connectivity index (χ0) is 17.2. The second kappa shape index (κ2) is 6.65. The third kappa shape index (κ3) is 3.14. The Kier molecular flexibility index (Phi) is 4.57. The number of amides is 1. The van der Waals surface area contributed by atoms with E-state index in [2.05, 4.69) is 5.10 Å². The highest BCUT2D eigenvalue weighted by Crippen LogP contribution is 2.35. The molecule has 0 spiro atoms. The van der Waals surface area contributed by atoms with Crippen LogP contribution >= 0.6 is 0 Å². The maximum atomic E-state index is 12.6. The van der Waals surface area contributed by atoms with E-state index in [0.29, 0.717) is 6.54 Å². The summed E-state index contributed by atoms with van der Waals surface area (Å²) in [6, 6.07) is 8.92. The van der Waals surface area contributed by atoms with Gasteiger partial charge in [0.15, 0.2) is 0 Å². The van der Waals surface area contributed by atoms with Crippen LogP contribution in [0.15, 0.2) is 42.7 Å². The van der Waals surface area contributed by atoms with Crippen LogP contribution in [0.1, 0.15) is 25.3 Å². The molecule has 24 heavy (non-hydrogen) atoms. The number of rotatable bonds is 5. The van der Waals surface area contributed by atoms with Gasteiger partial charge in [0.25, 0.3) is 0 Å². The summed E-state index contributed by atoms with van der Waals surface area (Å²) < 4.78 is 6.78. The van der Waals surface area contributed by atoms with E-state index in [1.165, 1.54) is 0 Å². The number of ether oxygens (including phenoxy) is 1. The minimum atomic E-state index is -1.11. The molecule has 128 valence electrons. The second-order valence-corrected chi connectivity index (χ2v) is 6.32. The molecule has 6 nitrogen and oxygen atoms in total. The van der Waals surface area contributed by atoms with E-state index in [1.54, 1.807) is 42.1 Å². The van der Waals surface area contributed by atoms with Crippen LogP contribution in [0.4, 0.5) is 0 Å². The van der Waals surface area contributed by atoms with Gasteiger partial charge in [-0.15, -0.1) is 0 Å². The standard InChI is InChI=1S/C18H23N3O3/c1-18(23,14-6-8-15(24-2)9-7-14)16-5-3-12-21(16)17(22)13-20-11-4-10-19-20/h4,6-11,16,23H,3,5,12-13H2,1-2H3/t16-,18+/m0/s1. The third-order valence-electron chi connectivity index (χ3n) is 4.75. The van der Waals surface area contributed by atoms with E-state index in [9.17, 15) is 9.90 Å². The first kappa shape index (κ1) is 16.5. The molecule has 0 bridgehead atoms. The Morgan fingerprint density at radius 2 is 2.17 bits per heavy atom. The zero-order valence-electron chi connectivity index (χ0n) is 14.1. The summed E-state index contributed by atoms with van der Waals surface area (Å²) in [6.07, 6.45) is 5.10. The first-order chi connectivity index (χ1) is 11.5. The number of hydrogen-bond acceptors (Lipinski definition) is 4. The number of hydrogen-bond donors (Lipinski definition) is 1. The molecule has 2 heterocycles. The Morgan fingerprint density at radius 1 is 1.42 bits per heavy atom. The summed E-state index contributed by atoms with van der Waals surface area (Å²) in [7, 11) is 1.61. The maximum Gasteiger partial charge on any atom is 0.244 e. The van der Waals surface area contributed by atoms with Crippen molar-refractivity contribution < 1.29 is 14.6 Å². The smallest absolute Gasteiger partial charge is 0.244 e. The Hall–Kier alpha value is -2.34. The number of aliphatic hydroxyl groups is 1. The number of likely N-dealkylation sites (tertiary alicyclic amines) is 1. The van der Waals surface area contributed by atoms with Crippen molar-refractivity contribution in [2.75, 3.05) is 13.7 Å². The monoisotopic (exact) mass is 329 g/mol. The Labute approximate surface area is 141 Å². The van der Waals surface area contributed by atoms with Crippen LogP contribution in [0.25, 0.3) is 0 Å². The summed E-state index contributed by atoms with van der Waals surface area (Å²) in [5, 5.41) is 15.2. The van der Waals surface area contributed by atoms with Gasteiger partial charge in [-0.05, 0) is 43.5 Å². The van der Waals surface area contributed by atoms with Crippen molar-refractivity contribution in [3.63, 3.8) is 0 Å². The van der Waals surface area contributed by atoms with E-state index < -0.39 is 5.60 Å². The fraction of sp³-hybridized carbons (Fsp3) is 0.444. The van der Waals surface area contributed by atoms with Gasteiger partial charge in [0.05, 0.1) is 13.2 Å². The van der Waals surface area contributed by atoms with Crippen molar-refractivity contribution in [1.82, 2.24) is 14.7 Å². The first-order valence-corrected chi connectivity index (χ1v) is 8.16. The average Bonchev–Trinajstić information content (AvgIpc) is 3.26. The number of methoxy groups -OCH3 is 1. The van der Waals surface area contributed by atoms with E-state index >= 15 is 0 Å². The molecule has 1 aromatic heterocycles. The predicted octanol–water partition coefficient (Wildman–Crippen LogP) is 1.79. The fourth-order valence-corrected chi connectivity index (χ4v) is 3.39. The topological polar surface area (TPSA) is 67.6 Å². The highest BCUT2D eigenvalue weighted by atomic mass is 16.5. The second-order valence-electron chi connectivity index (χ2n) is 6.32. The molecule has 1 saturated heterocycles. The SMILES string of the molecule is COc1ccc([C@@](C)(O)[C@@H]2CCCN2C(=O)Cn2cccn2)cc1. The van der Waals surface area contributed by atoms with Crippen molar-refractivity contribution in [3.8, 4) is 5.75 Å². The summed E-state index contributed by atoms with van der Waals surface area (Å²) in [5.41, 5.74) is -0.324. The molecule has 6 heteroatoms. The van der Waals surface area contributed by atoms with Crippen LogP contribution in [0, 0.1) is 0 Å². The normalized spacial score (nSPS) is 20.0. The van der Waals surface area contributed by atoms with Crippen LogP contribution in [0.5, 0.6) is 5.75 Å². The van der Waals surface area contributed by atoms with Gasteiger partial charge < -0.3 is 14.7 Å². The maximum absolute atomic E-state index is 12.6. The van der Waals surface area contributed by atoms with Crippen molar-refractivity contribution in [3.05, 3.63) is 48.3 Å². The van der Waals surface area contributed by atoms with Crippen molar-refractivity contribution in [1.29, 1.82) is 0 Å². The molecular formula is C18H23N3O3. The van der Waals surface area contributed by atoms with Gasteiger partial charge >= 0.3 is 0 Å². The van der Waals surface area contributed by atoms with Crippen LogP contribution in [0.3, 0.4) is 0 Å². The van der Waals surface area contributed by atoms with Crippen LogP contribution < -0.4 is 4.74 Å². The summed E-state index contributed by atoms with van der Waals surface area (Å²) in [5.74, 6) is 0.725. The lowest BCUT2D eigenvalue weighted by atomic mass is 9.86. The predicted molar refractivity (Wildman–Crippen MR) is 89.5 cm³/mol. The van der Waals surface area contributed by atoms with Gasteiger partial charge in [-0.3, -0.25) is 9.48 Å².